The summed E-state index contributed by atoms with van der Waals surface area (Å²) in [5, 5.41) is 0. The van der Waals surface area contributed by atoms with Crippen molar-refractivity contribution in [2.24, 2.45) is 17.6 Å². The van der Waals surface area contributed by atoms with Gasteiger partial charge in [0.15, 0.2) is 0 Å². The van der Waals surface area contributed by atoms with Crippen LogP contribution in [0.15, 0.2) is 0 Å². The van der Waals surface area contributed by atoms with Crippen LogP contribution >= 0.6 is 0 Å². The van der Waals surface area contributed by atoms with Gasteiger partial charge < -0.3 is 5.73 Å². The highest BCUT2D eigenvalue weighted by Crippen LogP contribution is 2.41. The molecular weight excluding hydrogens is 196 g/mol. The van der Waals surface area contributed by atoms with Gasteiger partial charge in [0.2, 0.25) is 0 Å². The number of hydrogen-bond acceptors (Lipinski definition) is 2. The quantitative estimate of drug-likeness (QED) is 0.777. The first kappa shape index (κ1) is 11.0. The Kier molecular flexibility index (Phi) is 3.21. The molecule has 2 heteroatoms. The van der Waals surface area contributed by atoms with Crippen molar-refractivity contribution in [3.05, 3.63) is 0 Å². The SMILES string of the molecule is NCC1CCC1N1CCC[C@H]2CCCC[C@H]21. The number of hydrogen-bond donors (Lipinski definition) is 1. The number of piperidine rings is 1. The monoisotopic (exact) mass is 222 g/mol. The van der Waals surface area contributed by atoms with Crippen LogP contribution in [0.5, 0.6) is 0 Å². The lowest BCUT2D eigenvalue weighted by molar-refractivity contribution is -0.0297. The summed E-state index contributed by atoms with van der Waals surface area (Å²) in [6.07, 6.45) is 11.7. The Hall–Kier alpha value is -0.0800. The van der Waals surface area contributed by atoms with E-state index in [0.29, 0.717) is 0 Å². The van der Waals surface area contributed by atoms with Gasteiger partial charge in [-0.1, -0.05) is 12.8 Å². The molecule has 1 aliphatic heterocycles. The third-order valence-corrected chi connectivity index (χ3v) is 5.39. The van der Waals surface area contributed by atoms with Gasteiger partial charge in [0.25, 0.3) is 0 Å². The van der Waals surface area contributed by atoms with Gasteiger partial charge >= 0.3 is 0 Å². The van der Waals surface area contributed by atoms with Gasteiger partial charge in [-0.3, -0.25) is 4.90 Å². The summed E-state index contributed by atoms with van der Waals surface area (Å²) in [6.45, 7) is 2.28. The zero-order valence-corrected chi connectivity index (χ0v) is 10.4. The average Bonchev–Trinajstić information content (AvgIpc) is 2.29. The van der Waals surface area contributed by atoms with E-state index >= 15 is 0 Å². The lowest BCUT2D eigenvalue weighted by Gasteiger charge is -2.53. The van der Waals surface area contributed by atoms with Gasteiger partial charge in [0, 0.05) is 12.1 Å². The van der Waals surface area contributed by atoms with Crippen molar-refractivity contribution >= 4 is 0 Å². The molecule has 2 unspecified atom stereocenters. The fourth-order valence-electron chi connectivity index (χ4n) is 4.34. The standard InChI is InChI=1S/C14H26N2/c15-10-12-7-8-14(12)16-9-3-5-11-4-1-2-6-13(11)16/h11-14H,1-10,15H2/t11-,12?,13-,14?/m1/s1. The third kappa shape index (κ3) is 1.80. The number of nitrogens with two attached hydrogens (primary N) is 1. The maximum atomic E-state index is 5.87. The Morgan fingerprint density at radius 3 is 2.44 bits per heavy atom. The maximum absolute atomic E-state index is 5.87. The molecule has 92 valence electrons. The molecule has 3 aliphatic rings. The first-order valence-electron chi connectivity index (χ1n) is 7.36. The maximum Gasteiger partial charge on any atom is 0.0139 e. The van der Waals surface area contributed by atoms with Crippen molar-refractivity contribution in [1.29, 1.82) is 0 Å². The van der Waals surface area contributed by atoms with E-state index in [1.165, 1.54) is 57.9 Å². The summed E-state index contributed by atoms with van der Waals surface area (Å²) in [4.78, 5) is 2.87. The molecule has 2 N–H and O–H groups in total. The summed E-state index contributed by atoms with van der Waals surface area (Å²) < 4.78 is 0. The van der Waals surface area contributed by atoms with E-state index in [2.05, 4.69) is 4.90 Å². The van der Waals surface area contributed by atoms with Gasteiger partial charge in [-0.25, -0.2) is 0 Å². The van der Waals surface area contributed by atoms with E-state index < -0.39 is 0 Å². The van der Waals surface area contributed by atoms with Crippen molar-refractivity contribution in [3.8, 4) is 0 Å². The van der Waals surface area contributed by atoms with E-state index in [9.17, 15) is 0 Å². The zero-order chi connectivity index (χ0) is 11.0. The molecule has 3 rings (SSSR count). The van der Waals surface area contributed by atoms with Crippen LogP contribution in [0, 0.1) is 11.8 Å². The highest BCUT2D eigenvalue weighted by molar-refractivity contribution is 4.96. The summed E-state index contributed by atoms with van der Waals surface area (Å²) in [6, 6.07) is 1.79. The van der Waals surface area contributed by atoms with E-state index in [0.717, 1.165) is 30.5 Å². The first-order valence-corrected chi connectivity index (χ1v) is 7.36. The largest absolute Gasteiger partial charge is 0.330 e. The van der Waals surface area contributed by atoms with Crippen LogP contribution in [0.4, 0.5) is 0 Å². The normalized spacial score (nSPS) is 44.8. The van der Waals surface area contributed by atoms with Crippen LogP contribution in [0.3, 0.4) is 0 Å². The lowest BCUT2D eigenvalue weighted by atomic mass is 9.72. The second-order valence-corrected chi connectivity index (χ2v) is 6.13. The summed E-state index contributed by atoms with van der Waals surface area (Å²) in [5.41, 5.74) is 5.87. The zero-order valence-electron chi connectivity index (χ0n) is 10.4. The van der Waals surface area contributed by atoms with E-state index in [1.807, 2.05) is 0 Å². The van der Waals surface area contributed by atoms with Crippen molar-refractivity contribution in [1.82, 2.24) is 4.90 Å². The predicted octanol–water partition coefficient (Wildman–Crippen LogP) is 2.38. The molecule has 0 amide bonds. The molecule has 3 fully saturated rings. The molecule has 16 heavy (non-hydrogen) atoms. The molecular formula is C14H26N2. The minimum absolute atomic E-state index is 0.820. The molecule has 0 aromatic heterocycles. The van der Waals surface area contributed by atoms with Gasteiger partial charge in [-0.05, 0) is 63.5 Å². The van der Waals surface area contributed by atoms with Crippen LogP contribution in [-0.4, -0.2) is 30.1 Å². The molecule has 2 nitrogen and oxygen atoms in total. The third-order valence-electron chi connectivity index (χ3n) is 5.39. The van der Waals surface area contributed by atoms with Crippen molar-refractivity contribution < 1.29 is 0 Å². The smallest absolute Gasteiger partial charge is 0.0139 e. The highest BCUT2D eigenvalue weighted by Gasteiger charge is 2.42. The second kappa shape index (κ2) is 4.66. The highest BCUT2D eigenvalue weighted by atomic mass is 15.2. The summed E-state index contributed by atoms with van der Waals surface area (Å²) in [7, 11) is 0. The fraction of sp³-hybridized carbons (Fsp3) is 1.00. The van der Waals surface area contributed by atoms with Crippen molar-refractivity contribution in [3.63, 3.8) is 0 Å². The lowest BCUT2D eigenvalue weighted by Crippen LogP contribution is -2.58. The van der Waals surface area contributed by atoms with Gasteiger partial charge in [0.05, 0.1) is 0 Å². The Bertz CT molecular complexity index is 237. The van der Waals surface area contributed by atoms with E-state index in [-0.39, 0.29) is 0 Å². The minimum Gasteiger partial charge on any atom is -0.330 e. The Labute approximate surface area is 99.6 Å². The molecule has 0 aromatic rings. The number of nitrogens with zero attached hydrogens (tertiary/aromatic N) is 1. The van der Waals surface area contributed by atoms with Crippen molar-refractivity contribution in [2.75, 3.05) is 13.1 Å². The summed E-state index contributed by atoms with van der Waals surface area (Å²) >= 11 is 0. The molecule has 2 saturated carbocycles. The Morgan fingerprint density at radius 1 is 0.875 bits per heavy atom. The number of fused-ring (bicyclic) bond motifs is 1. The number of rotatable bonds is 2. The fourth-order valence-corrected chi connectivity index (χ4v) is 4.34. The van der Waals surface area contributed by atoms with E-state index in [1.54, 1.807) is 0 Å². The van der Waals surface area contributed by atoms with Crippen LogP contribution in [0.25, 0.3) is 0 Å². The van der Waals surface area contributed by atoms with Crippen LogP contribution in [0.2, 0.25) is 0 Å². The molecule has 0 aromatic carbocycles. The Morgan fingerprint density at radius 2 is 1.69 bits per heavy atom. The molecule has 4 atom stereocenters. The van der Waals surface area contributed by atoms with E-state index in [4.69, 9.17) is 5.73 Å². The molecule has 0 bridgehead atoms. The second-order valence-electron chi connectivity index (χ2n) is 6.13. The van der Waals surface area contributed by atoms with Crippen LogP contribution in [0.1, 0.15) is 51.4 Å². The molecule has 1 heterocycles. The number of likely N-dealkylation sites (tertiary alicyclic amines) is 1. The summed E-state index contributed by atoms with van der Waals surface area (Å²) in [5.74, 6) is 1.85. The van der Waals surface area contributed by atoms with Gasteiger partial charge in [-0.2, -0.15) is 0 Å². The predicted molar refractivity (Wildman–Crippen MR) is 67.3 cm³/mol. The topological polar surface area (TPSA) is 29.3 Å². The van der Waals surface area contributed by atoms with Crippen molar-refractivity contribution in [2.45, 2.75) is 63.5 Å². The van der Waals surface area contributed by atoms with Crippen LogP contribution < -0.4 is 5.73 Å². The molecule has 1 saturated heterocycles. The molecule has 0 radical (unpaired) electrons. The minimum atomic E-state index is 0.820. The average molecular weight is 222 g/mol. The Balaban J connectivity index is 1.68. The van der Waals surface area contributed by atoms with Gasteiger partial charge in [0.1, 0.15) is 0 Å². The van der Waals surface area contributed by atoms with Crippen LogP contribution in [-0.2, 0) is 0 Å². The van der Waals surface area contributed by atoms with Gasteiger partial charge in [-0.15, -0.1) is 0 Å². The molecule has 2 aliphatic carbocycles. The first-order chi connectivity index (χ1) is 7.90. The molecule has 0 spiro atoms.